The Morgan fingerprint density at radius 3 is 2.04 bits per heavy atom. The van der Waals surface area contributed by atoms with Gasteiger partial charge in [0, 0.05) is 11.3 Å². The third-order valence-electron chi connectivity index (χ3n) is 2.97. The van der Waals surface area contributed by atoms with Gasteiger partial charge in [0.1, 0.15) is 0 Å². The molecule has 0 fully saturated rings. The highest BCUT2D eigenvalue weighted by Gasteiger charge is 2.15. The molecular formula is C15H10Cl4N2O3S. The Morgan fingerprint density at radius 1 is 1.04 bits per heavy atom. The largest absolute Gasteiger partial charge is 0.505 e. The van der Waals surface area contributed by atoms with Gasteiger partial charge in [0.25, 0.3) is 5.91 Å². The normalized spacial score (nSPS) is 10.3. The van der Waals surface area contributed by atoms with E-state index in [1.165, 1.54) is 31.4 Å². The quantitative estimate of drug-likeness (QED) is 0.456. The fraction of sp³-hybridized carbons (Fsp3) is 0.0667. The highest BCUT2D eigenvalue weighted by atomic mass is 35.5. The van der Waals surface area contributed by atoms with Gasteiger partial charge >= 0.3 is 0 Å². The highest BCUT2D eigenvalue weighted by Crippen LogP contribution is 2.35. The van der Waals surface area contributed by atoms with Gasteiger partial charge in [0.15, 0.2) is 16.6 Å². The van der Waals surface area contributed by atoms with Crippen molar-refractivity contribution in [3.05, 3.63) is 49.9 Å². The van der Waals surface area contributed by atoms with Crippen LogP contribution in [0, 0.1) is 0 Å². The van der Waals surface area contributed by atoms with Gasteiger partial charge in [0.05, 0.1) is 27.2 Å². The number of thiocarbonyl (C=S) groups is 1. The predicted octanol–water partition coefficient (Wildman–Crippen LogP) is 5.14. The van der Waals surface area contributed by atoms with Crippen LogP contribution in [0.4, 0.5) is 5.69 Å². The number of phenols is 1. The van der Waals surface area contributed by atoms with Crippen LogP contribution in [0.2, 0.25) is 20.1 Å². The number of anilines is 1. The average Bonchev–Trinajstić information content (AvgIpc) is 2.52. The minimum atomic E-state index is -0.528. The molecule has 0 radical (unpaired) electrons. The van der Waals surface area contributed by atoms with Gasteiger partial charge < -0.3 is 15.2 Å². The van der Waals surface area contributed by atoms with Crippen LogP contribution in [0.1, 0.15) is 10.4 Å². The van der Waals surface area contributed by atoms with Crippen molar-refractivity contribution >= 4 is 75.3 Å². The number of methoxy groups -OCH3 is 1. The number of hydrogen-bond donors (Lipinski definition) is 3. The maximum atomic E-state index is 12.2. The number of carbonyl (C=O) groups excluding carboxylic acids is 1. The van der Waals surface area contributed by atoms with E-state index in [2.05, 4.69) is 10.6 Å². The Morgan fingerprint density at radius 2 is 1.56 bits per heavy atom. The number of hydrogen-bond acceptors (Lipinski definition) is 4. The Labute approximate surface area is 168 Å². The Kier molecular flexibility index (Phi) is 6.59. The van der Waals surface area contributed by atoms with Crippen LogP contribution in [-0.2, 0) is 0 Å². The molecule has 0 aliphatic heterocycles. The van der Waals surface area contributed by atoms with Crippen LogP contribution in [0.5, 0.6) is 11.5 Å². The number of phenolic OH excluding ortho intramolecular Hbond substituents is 1. The van der Waals surface area contributed by atoms with E-state index in [0.717, 1.165) is 0 Å². The number of benzene rings is 2. The molecule has 3 N–H and O–H groups in total. The summed E-state index contributed by atoms with van der Waals surface area (Å²) < 4.78 is 5.02. The van der Waals surface area contributed by atoms with Crippen LogP contribution >= 0.6 is 58.6 Å². The number of rotatable bonds is 3. The predicted molar refractivity (Wildman–Crippen MR) is 105 cm³/mol. The van der Waals surface area contributed by atoms with Gasteiger partial charge in [-0.2, -0.15) is 0 Å². The fourth-order valence-electron chi connectivity index (χ4n) is 1.86. The first kappa shape index (κ1) is 19.9. The maximum absolute atomic E-state index is 12.2. The first-order valence-electron chi connectivity index (χ1n) is 6.56. The molecule has 0 heterocycles. The molecule has 0 aliphatic rings. The maximum Gasteiger partial charge on any atom is 0.257 e. The second-order valence-electron chi connectivity index (χ2n) is 4.67. The van der Waals surface area contributed by atoms with E-state index in [9.17, 15) is 9.90 Å². The second-order valence-corrected chi connectivity index (χ2v) is 6.71. The number of nitrogens with one attached hydrogen (secondary N) is 2. The Bertz CT molecular complexity index is 815. The van der Waals surface area contributed by atoms with Gasteiger partial charge in [-0.25, -0.2) is 0 Å². The number of amides is 1. The van der Waals surface area contributed by atoms with E-state index in [1.54, 1.807) is 0 Å². The lowest BCUT2D eigenvalue weighted by Crippen LogP contribution is -2.34. The number of halogens is 4. The fourth-order valence-corrected chi connectivity index (χ4v) is 3.20. The lowest BCUT2D eigenvalue weighted by molar-refractivity contribution is 0.0977. The molecule has 2 aromatic rings. The molecule has 5 nitrogen and oxygen atoms in total. The Balaban J connectivity index is 2.12. The van der Waals surface area contributed by atoms with Crippen molar-refractivity contribution < 1.29 is 14.6 Å². The molecule has 0 saturated carbocycles. The molecular weight excluding hydrogens is 430 g/mol. The van der Waals surface area contributed by atoms with E-state index in [0.29, 0.717) is 5.69 Å². The molecule has 0 saturated heterocycles. The molecule has 25 heavy (non-hydrogen) atoms. The van der Waals surface area contributed by atoms with Crippen LogP contribution in [0.3, 0.4) is 0 Å². The van der Waals surface area contributed by atoms with Crippen molar-refractivity contribution in [2.75, 3.05) is 12.4 Å². The zero-order valence-corrected chi connectivity index (χ0v) is 16.3. The van der Waals surface area contributed by atoms with Gasteiger partial charge in [-0.3, -0.25) is 10.1 Å². The van der Waals surface area contributed by atoms with E-state index in [-0.39, 0.29) is 42.3 Å². The molecule has 132 valence electrons. The van der Waals surface area contributed by atoms with Gasteiger partial charge in [-0.15, -0.1) is 0 Å². The molecule has 0 aliphatic carbocycles. The van der Waals surface area contributed by atoms with E-state index in [1.807, 2.05) is 0 Å². The van der Waals surface area contributed by atoms with Crippen molar-refractivity contribution in [2.45, 2.75) is 0 Å². The summed E-state index contributed by atoms with van der Waals surface area (Å²) in [5.74, 6) is -0.500. The zero-order valence-electron chi connectivity index (χ0n) is 12.5. The summed E-state index contributed by atoms with van der Waals surface area (Å²) in [4.78, 5) is 12.2. The molecule has 10 heteroatoms. The third-order valence-corrected chi connectivity index (χ3v) is 4.31. The average molecular weight is 440 g/mol. The summed E-state index contributed by atoms with van der Waals surface area (Å²) in [6, 6.07) is 5.61. The lowest BCUT2D eigenvalue weighted by Gasteiger charge is -2.12. The minimum absolute atomic E-state index is 0.00844. The number of carbonyl (C=O) groups is 1. The second kappa shape index (κ2) is 8.29. The molecule has 0 aromatic heterocycles. The van der Waals surface area contributed by atoms with Crippen molar-refractivity contribution in [1.29, 1.82) is 0 Å². The highest BCUT2D eigenvalue weighted by molar-refractivity contribution is 7.80. The van der Waals surface area contributed by atoms with Crippen molar-refractivity contribution in [2.24, 2.45) is 0 Å². The summed E-state index contributed by atoms with van der Waals surface area (Å²) >= 11 is 28.7. The Hall–Kier alpha value is -1.44. The monoisotopic (exact) mass is 438 g/mol. The van der Waals surface area contributed by atoms with Crippen LogP contribution in [0.25, 0.3) is 0 Å². The molecule has 0 unspecified atom stereocenters. The van der Waals surface area contributed by atoms with Crippen molar-refractivity contribution in [1.82, 2.24) is 5.32 Å². The van der Waals surface area contributed by atoms with Gasteiger partial charge in [0.2, 0.25) is 0 Å². The number of aromatic hydroxyl groups is 1. The number of ether oxygens (including phenoxy) is 1. The van der Waals surface area contributed by atoms with Gasteiger partial charge in [-0.05, 0) is 36.5 Å². The molecule has 2 aromatic carbocycles. The molecule has 2 rings (SSSR count). The van der Waals surface area contributed by atoms with Crippen molar-refractivity contribution in [3.8, 4) is 11.5 Å². The molecule has 0 bridgehead atoms. The van der Waals surface area contributed by atoms with Crippen molar-refractivity contribution in [3.63, 3.8) is 0 Å². The van der Waals surface area contributed by atoms with Crippen LogP contribution in [-0.4, -0.2) is 23.2 Å². The molecule has 1 amide bonds. The van der Waals surface area contributed by atoms with E-state index < -0.39 is 5.91 Å². The SMILES string of the molecule is COc1c(Cl)cc(C(=O)NC(=S)Nc2cc(Cl)c(O)c(Cl)c2)cc1Cl. The first-order chi connectivity index (χ1) is 11.7. The lowest BCUT2D eigenvalue weighted by atomic mass is 10.2. The first-order valence-corrected chi connectivity index (χ1v) is 8.48. The minimum Gasteiger partial charge on any atom is -0.505 e. The van der Waals surface area contributed by atoms with Crippen LogP contribution < -0.4 is 15.4 Å². The van der Waals surface area contributed by atoms with E-state index in [4.69, 9.17) is 63.4 Å². The molecule has 0 spiro atoms. The molecule has 0 atom stereocenters. The zero-order chi connectivity index (χ0) is 18.7. The van der Waals surface area contributed by atoms with Gasteiger partial charge in [-0.1, -0.05) is 46.4 Å². The summed E-state index contributed by atoms with van der Waals surface area (Å²) in [5.41, 5.74) is 0.589. The third kappa shape index (κ3) is 4.80. The van der Waals surface area contributed by atoms with Crippen LogP contribution in [0.15, 0.2) is 24.3 Å². The topological polar surface area (TPSA) is 70.6 Å². The summed E-state index contributed by atoms with van der Waals surface area (Å²) in [6.45, 7) is 0. The summed E-state index contributed by atoms with van der Waals surface area (Å²) in [6.07, 6.45) is 0. The summed E-state index contributed by atoms with van der Waals surface area (Å²) in [7, 11) is 1.42. The summed E-state index contributed by atoms with van der Waals surface area (Å²) in [5, 5.41) is 15.2. The smallest absolute Gasteiger partial charge is 0.257 e. The van der Waals surface area contributed by atoms with E-state index >= 15 is 0 Å². The standard InChI is InChI=1S/C15H10Cl4N2O3S/c1-24-13-10(18)2-6(3-11(13)19)14(23)21-15(25)20-7-4-8(16)12(22)9(17)5-7/h2-5,22H,1H3,(H2,20,21,23,25).